The van der Waals surface area contributed by atoms with Crippen molar-refractivity contribution >= 4 is 5.97 Å². The zero-order valence-corrected chi connectivity index (χ0v) is 10.4. The van der Waals surface area contributed by atoms with Crippen LogP contribution in [0.2, 0.25) is 0 Å². The van der Waals surface area contributed by atoms with Gasteiger partial charge in [-0.25, -0.2) is 4.79 Å². The number of carbonyl (C=O) groups is 1. The van der Waals surface area contributed by atoms with Crippen molar-refractivity contribution in [3.8, 4) is 0 Å². The number of hydrogen-bond acceptors (Lipinski definition) is 4. The molecule has 2 heterocycles. The average Bonchev–Trinajstić information content (AvgIpc) is 3.05. The molecule has 0 aromatic carbocycles. The van der Waals surface area contributed by atoms with Gasteiger partial charge < -0.3 is 19.5 Å². The van der Waals surface area contributed by atoms with Crippen LogP contribution >= 0.6 is 0 Å². The van der Waals surface area contributed by atoms with Crippen molar-refractivity contribution in [3.05, 3.63) is 47.7 Å². The summed E-state index contributed by atoms with van der Waals surface area (Å²) < 4.78 is 9.93. The number of H-pyrrole nitrogens is 1. The van der Waals surface area contributed by atoms with Crippen molar-refractivity contribution in [2.45, 2.75) is 19.5 Å². The van der Waals surface area contributed by atoms with Crippen molar-refractivity contribution in [1.82, 2.24) is 10.3 Å². The van der Waals surface area contributed by atoms with E-state index in [9.17, 15) is 4.79 Å². The number of nitrogens with one attached hydrogen (secondary N) is 2. The minimum absolute atomic E-state index is 0.116. The van der Waals surface area contributed by atoms with Crippen LogP contribution < -0.4 is 5.32 Å². The summed E-state index contributed by atoms with van der Waals surface area (Å²) in [5, 5.41) is 3.29. The van der Waals surface area contributed by atoms with Gasteiger partial charge in [-0.1, -0.05) is 0 Å². The summed E-state index contributed by atoms with van der Waals surface area (Å²) in [5.41, 5.74) is 1.38. The zero-order valence-electron chi connectivity index (χ0n) is 10.4. The molecule has 2 aromatic heterocycles. The van der Waals surface area contributed by atoms with Gasteiger partial charge in [-0.05, 0) is 31.2 Å². The van der Waals surface area contributed by atoms with Gasteiger partial charge in [0, 0.05) is 12.2 Å². The molecule has 0 saturated carbocycles. The Hall–Kier alpha value is -2.01. The van der Waals surface area contributed by atoms with Gasteiger partial charge in [-0.3, -0.25) is 0 Å². The quantitative estimate of drug-likeness (QED) is 0.796. The lowest BCUT2D eigenvalue weighted by Crippen LogP contribution is -2.17. The predicted octanol–water partition coefficient (Wildman–Crippen LogP) is 2.25. The van der Waals surface area contributed by atoms with Crippen LogP contribution in [0, 0.1) is 0 Å². The van der Waals surface area contributed by atoms with E-state index in [1.54, 1.807) is 12.3 Å². The SMILES string of the molecule is COC(=O)c1ccc(CNC(C)c2ccco2)[nH]1. The van der Waals surface area contributed by atoms with E-state index in [4.69, 9.17) is 4.42 Å². The molecule has 2 N–H and O–H groups in total. The minimum Gasteiger partial charge on any atom is -0.468 e. The van der Waals surface area contributed by atoms with E-state index in [2.05, 4.69) is 15.0 Å². The number of aromatic amines is 1. The summed E-state index contributed by atoms with van der Waals surface area (Å²) in [6.07, 6.45) is 1.65. The zero-order chi connectivity index (χ0) is 13.0. The second-order valence-electron chi connectivity index (χ2n) is 4.01. The molecule has 5 heteroatoms. The number of furan rings is 1. The summed E-state index contributed by atoms with van der Waals surface area (Å²) in [6, 6.07) is 7.46. The van der Waals surface area contributed by atoms with E-state index < -0.39 is 0 Å². The van der Waals surface area contributed by atoms with Crippen LogP contribution in [0.3, 0.4) is 0 Å². The highest BCUT2D eigenvalue weighted by atomic mass is 16.5. The van der Waals surface area contributed by atoms with Gasteiger partial charge in [0.25, 0.3) is 0 Å². The van der Waals surface area contributed by atoms with Gasteiger partial charge in [0.1, 0.15) is 11.5 Å². The van der Waals surface area contributed by atoms with Crippen molar-refractivity contribution in [2.75, 3.05) is 7.11 Å². The van der Waals surface area contributed by atoms with E-state index in [1.807, 2.05) is 25.1 Å². The first-order valence-electron chi connectivity index (χ1n) is 5.73. The molecular formula is C13H16N2O3. The summed E-state index contributed by atoms with van der Waals surface area (Å²) in [5.74, 6) is 0.523. The maximum atomic E-state index is 11.3. The second-order valence-corrected chi connectivity index (χ2v) is 4.01. The third-order valence-electron chi connectivity index (χ3n) is 2.72. The third-order valence-corrected chi connectivity index (χ3v) is 2.72. The average molecular weight is 248 g/mol. The normalized spacial score (nSPS) is 12.3. The van der Waals surface area contributed by atoms with E-state index >= 15 is 0 Å². The predicted molar refractivity (Wildman–Crippen MR) is 66.1 cm³/mol. The fraction of sp³-hybridized carbons (Fsp3) is 0.308. The maximum absolute atomic E-state index is 11.3. The molecule has 0 aliphatic heterocycles. The molecule has 0 radical (unpaired) electrons. The van der Waals surface area contributed by atoms with Crippen molar-refractivity contribution < 1.29 is 13.9 Å². The Kier molecular flexibility index (Phi) is 3.84. The Labute approximate surface area is 105 Å². The number of aromatic nitrogens is 1. The van der Waals surface area contributed by atoms with Crippen molar-refractivity contribution in [2.24, 2.45) is 0 Å². The third kappa shape index (κ3) is 2.81. The lowest BCUT2D eigenvalue weighted by Gasteiger charge is -2.10. The largest absolute Gasteiger partial charge is 0.468 e. The lowest BCUT2D eigenvalue weighted by molar-refractivity contribution is 0.0594. The van der Waals surface area contributed by atoms with Crippen LogP contribution in [-0.4, -0.2) is 18.1 Å². The lowest BCUT2D eigenvalue weighted by atomic mass is 10.2. The minimum atomic E-state index is -0.361. The number of ether oxygens (including phenoxy) is 1. The molecule has 18 heavy (non-hydrogen) atoms. The Morgan fingerprint density at radius 2 is 2.33 bits per heavy atom. The van der Waals surface area contributed by atoms with E-state index in [1.165, 1.54) is 7.11 Å². The Bertz CT molecular complexity index is 502. The highest BCUT2D eigenvalue weighted by Crippen LogP contribution is 2.13. The van der Waals surface area contributed by atoms with Gasteiger partial charge in [-0.2, -0.15) is 0 Å². The van der Waals surface area contributed by atoms with Gasteiger partial charge >= 0.3 is 5.97 Å². The van der Waals surface area contributed by atoms with E-state index in [-0.39, 0.29) is 12.0 Å². The van der Waals surface area contributed by atoms with Crippen molar-refractivity contribution in [1.29, 1.82) is 0 Å². The summed E-state index contributed by atoms with van der Waals surface area (Å²) in [4.78, 5) is 14.3. The topological polar surface area (TPSA) is 67.3 Å². The van der Waals surface area contributed by atoms with Crippen molar-refractivity contribution in [3.63, 3.8) is 0 Å². The fourth-order valence-electron chi connectivity index (χ4n) is 1.67. The first-order chi connectivity index (χ1) is 8.70. The summed E-state index contributed by atoms with van der Waals surface area (Å²) in [6.45, 7) is 2.64. The maximum Gasteiger partial charge on any atom is 0.354 e. The van der Waals surface area contributed by atoms with Crippen LogP contribution in [-0.2, 0) is 11.3 Å². The van der Waals surface area contributed by atoms with E-state index in [0.29, 0.717) is 12.2 Å². The fourth-order valence-corrected chi connectivity index (χ4v) is 1.67. The molecule has 96 valence electrons. The van der Waals surface area contributed by atoms with Crippen LogP contribution in [0.5, 0.6) is 0 Å². The molecule has 0 aliphatic rings. The number of esters is 1. The van der Waals surface area contributed by atoms with Gasteiger partial charge in [0.15, 0.2) is 0 Å². The second kappa shape index (κ2) is 5.55. The first kappa shape index (κ1) is 12.4. The Balaban J connectivity index is 1.90. The van der Waals surface area contributed by atoms with Gasteiger partial charge in [-0.15, -0.1) is 0 Å². The molecule has 5 nitrogen and oxygen atoms in total. The molecule has 2 aromatic rings. The van der Waals surface area contributed by atoms with Crippen LogP contribution in [0.4, 0.5) is 0 Å². The molecule has 0 spiro atoms. The summed E-state index contributed by atoms with van der Waals surface area (Å²) in [7, 11) is 1.36. The van der Waals surface area contributed by atoms with Gasteiger partial charge in [0.2, 0.25) is 0 Å². The molecule has 0 bridgehead atoms. The number of rotatable bonds is 5. The molecule has 2 rings (SSSR count). The first-order valence-corrected chi connectivity index (χ1v) is 5.73. The van der Waals surface area contributed by atoms with Crippen LogP contribution in [0.25, 0.3) is 0 Å². The smallest absolute Gasteiger partial charge is 0.354 e. The Morgan fingerprint density at radius 1 is 1.50 bits per heavy atom. The summed E-state index contributed by atoms with van der Waals surface area (Å²) >= 11 is 0. The highest BCUT2D eigenvalue weighted by molar-refractivity contribution is 5.87. The molecule has 0 aliphatic carbocycles. The molecule has 0 saturated heterocycles. The highest BCUT2D eigenvalue weighted by Gasteiger charge is 2.10. The number of hydrogen-bond donors (Lipinski definition) is 2. The number of carbonyl (C=O) groups excluding carboxylic acids is 1. The standard InChI is InChI=1S/C13H16N2O3/c1-9(12-4-3-7-18-12)14-8-10-5-6-11(15-10)13(16)17-2/h3-7,9,14-15H,8H2,1-2H3. The molecular weight excluding hydrogens is 232 g/mol. The molecule has 0 fully saturated rings. The molecule has 1 atom stereocenters. The molecule has 0 amide bonds. The molecule has 1 unspecified atom stereocenters. The van der Waals surface area contributed by atoms with Gasteiger partial charge in [0.05, 0.1) is 19.4 Å². The Morgan fingerprint density at radius 3 is 3.00 bits per heavy atom. The number of methoxy groups -OCH3 is 1. The van der Waals surface area contributed by atoms with E-state index in [0.717, 1.165) is 11.5 Å². The van der Waals surface area contributed by atoms with Crippen LogP contribution in [0.1, 0.15) is 34.9 Å². The monoisotopic (exact) mass is 248 g/mol. The van der Waals surface area contributed by atoms with Crippen LogP contribution in [0.15, 0.2) is 34.9 Å².